The molecule has 1 unspecified atom stereocenters. The van der Waals surface area contributed by atoms with E-state index in [-0.39, 0.29) is 12.5 Å². The summed E-state index contributed by atoms with van der Waals surface area (Å²) in [6, 6.07) is 3.51. The first-order chi connectivity index (χ1) is 8.52. The standard InChI is InChI=1S/C13H15NO3S/c1-13(17)6-7-14(9-13)12(16)11-5-4-10(18-11)3-2-8-15/h4-5,15,17H,6-9H2,1H3. The normalized spacial score (nSPS) is 22.7. The van der Waals surface area contributed by atoms with Crippen molar-refractivity contribution < 1.29 is 15.0 Å². The van der Waals surface area contributed by atoms with Gasteiger partial charge in [-0.1, -0.05) is 11.8 Å². The summed E-state index contributed by atoms with van der Waals surface area (Å²) in [6.07, 6.45) is 0.612. The molecule has 1 aliphatic heterocycles. The molecular weight excluding hydrogens is 250 g/mol. The van der Waals surface area contributed by atoms with Crippen molar-refractivity contribution in [2.75, 3.05) is 19.7 Å². The van der Waals surface area contributed by atoms with Crippen molar-refractivity contribution >= 4 is 17.2 Å². The summed E-state index contributed by atoms with van der Waals surface area (Å²) < 4.78 is 0. The van der Waals surface area contributed by atoms with Gasteiger partial charge in [0.15, 0.2) is 0 Å². The maximum absolute atomic E-state index is 12.1. The van der Waals surface area contributed by atoms with E-state index >= 15 is 0 Å². The van der Waals surface area contributed by atoms with Gasteiger partial charge in [-0.05, 0) is 25.5 Å². The number of likely N-dealkylation sites (tertiary alicyclic amines) is 1. The van der Waals surface area contributed by atoms with Crippen molar-refractivity contribution in [1.29, 1.82) is 0 Å². The van der Waals surface area contributed by atoms with E-state index in [0.29, 0.717) is 24.4 Å². The third-order valence-corrected chi connectivity index (χ3v) is 3.84. The number of aliphatic hydroxyl groups excluding tert-OH is 1. The molecule has 0 bridgehead atoms. The molecular formula is C13H15NO3S. The number of carbonyl (C=O) groups excluding carboxylic acids is 1. The summed E-state index contributed by atoms with van der Waals surface area (Å²) in [4.78, 5) is 15.2. The van der Waals surface area contributed by atoms with Crippen LogP contribution in [0.3, 0.4) is 0 Å². The van der Waals surface area contributed by atoms with Gasteiger partial charge in [-0.3, -0.25) is 4.79 Å². The van der Waals surface area contributed by atoms with E-state index in [1.54, 1.807) is 24.0 Å². The maximum atomic E-state index is 12.1. The van der Waals surface area contributed by atoms with Crippen molar-refractivity contribution in [3.8, 4) is 11.8 Å². The predicted molar refractivity (Wildman–Crippen MR) is 69.4 cm³/mol. The molecule has 96 valence electrons. The van der Waals surface area contributed by atoms with Gasteiger partial charge in [0.1, 0.15) is 6.61 Å². The van der Waals surface area contributed by atoms with Crippen molar-refractivity contribution in [3.05, 3.63) is 21.9 Å². The average molecular weight is 265 g/mol. The molecule has 1 saturated heterocycles. The fraction of sp³-hybridized carbons (Fsp3) is 0.462. The Balaban J connectivity index is 2.08. The molecule has 1 aromatic heterocycles. The number of hydrogen-bond acceptors (Lipinski definition) is 4. The summed E-state index contributed by atoms with van der Waals surface area (Å²) in [7, 11) is 0. The van der Waals surface area contributed by atoms with Gasteiger partial charge >= 0.3 is 0 Å². The predicted octanol–water partition coefficient (Wildman–Crippen LogP) is 0.689. The van der Waals surface area contributed by atoms with Gasteiger partial charge in [-0.2, -0.15) is 0 Å². The van der Waals surface area contributed by atoms with Gasteiger partial charge < -0.3 is 15.1 Å². The Hall–Kier alpha value is -1.35. The zero-order valence-electron chi connectivity index (χ0n) is 10.1. The molecule has 4 nitrogen and oxygen atoms in total. The molecule has 1 amide bonds. The third kappa shape index (κ3) is 2.91. The van der Waals surface area contributed by atoms with Gasteiger partial charge in [0.25, 0.3) is 5.91 Å². The van der Waals surface area contributed by atoms with Gasteiger partial charge in [0, 0.05) is 13.1 Å². The quantitative estimate of drug-likeness (QED) is 0.734. The zero-order valence-corrected chi connectivity index (χ0v) is 11.0. The van der Waals surface area contributed by atoms with E-state index in [9.17, 15) is 9.90 Å². The van der Waals surface area contributed by atoms with E-state index < -0.39 is 5.60 Å². The Kier molecular flexibility index (Phi) is 3.71. The molecule has 0 aromatic carbocycles. The monoisotopic (exact) mass is 265 g/mol. The minimum absolute atomic E-state index is 0.0603. The van der Waals surface area contributed by atoms with Crippen LogP contribution in [0.1, 0.15) is 27.9 Å². The lowest BCUT2D eigenvalue weighted by atomic mass is 10.1. The van der Waals surface area contributed by atoms with Crippen LogP contribution in [0.5, 0.6) is 0 Å². The SMILES string of the molecule is CC1(O)CCN(C(=O)c2ccc(C#CCO)s2)C1. The van der Waals surface area contributed by atoms with E-state index in [1.807, 2.05) is 0 Å². The smallest absolute Gasteiger partial charge is 0.264 e. The topological polar surface area (TPSA) is 60.8 Å². The van der Waals surface area contributed by atoms with E-state index in [2.05, 4.69) is 11.8 Å². The zero-order chi connectivity index (χ0) is 13.2. The Bertz CT molecular complexity index is 510. The molecule has 0 radical (unpaired) electrons. The van der Waals surface area contributed by atoms with Gasteiger partial charge in [0.05, 0.1) is 15.4 Å². The molecule has 0 spiro atoms. The largest absolute Gasteiger partial charge is 0.388 e. The van der Waals surface area contributed by atoms with Crippen molar-refractivity contribution in [1.82, 2.24) is 4.90 Å². The molecule has 5 heteroatoms. The summed E-state index contributed by atoms with van der Waals surface area (Å²) in [6.45, 7) is 2.52. The van der Waals surface area contributed by atoms with E-state index in [4.69, 9.17) is 5.11 Å². The summed E-state index contributed by atoms with van der Waals surface area (Å²) >= 11 is 1.31. The molecule has 0 aliphatic carbocycles. The summed E-state index contributed by atoms with van der Waals surface area (Å²) in [5.74, 6) is 5.26. The van der Waals surface area contributed by atoms with E-state index in [1.165, 1.54) is 11.3 Å². The second-order valence-corrected chi connectivity index (χ2v) is 5.68. The van der Waals surface area contributed by atoms with Crippen molar-refractivity contribution in [2.24, 2.45) is 0 Å². The minimum Gasteiger partial charge on any atom is -0.388 e. The second-order valence-electron chi connectivity index (χ2n) is 4.60. The number of thiophene rings is 1. The molecule has 1 aliphatic rings. The number of carbonyl (C=O) groups is 1. The van der Waals surface area contributed by atoms with Crippen LogP contribution in [0.4, 0.5) is 0 Å². The maximum Gasteiger partial charge on any atom is 0.264 e. The molecule has 2 N–H and O–H groups in total. The van der Waals surface area contributed by atoms with Crippen LogP contribution in [0.2, 0.25) is 0 Å². The van der Waals surface area contributed by atoms with Gasteiger partial charge in [-0.15, -0.1) is 11.3 Å². The fourth-order valence-corrected chi connectivity index (χ4v) is 2.77. The van der Waals surface area contributed by atoms with Crippen LogP contribution in [-0.2, 0) is 0 Å². The lowest BCUT2D eigenvalue weighted by molar-refractivity contribution is 0.0575. The third-order valence-electron chi connectivity index (χ3n) is 2.85. The lowest BCUT2D eigenvalue weighted by Gasteiger charge is -2.18. The van der Waals surface area contributed by atoms with E-state index in [0.717, 1.165) is 4.88 Å². The van der Waals surface area contributed by atoms with Gasteiger partial charge in [-0.25, -0.2) is 0 Å². The molecule has 2 heterocycles. The van der Waals surface area contributed by atoms with Crippen LogP contribution in [-0.4, -0.2) is 46.3 Å². The fourth-order valence-electron chi connectivity index (χ4n) is 1.92. The number of β-amino-alcohol motifs (C(OH)–C–C–N with tert-alkyl or cyclic N) is 1. The second kappa shape index (κ2) is 5.11. The molecule has 18 heavy (non-hydrogen) atoms. The number of nitrogens with zero attached hydrogens (tertiary/aromatic N) is 1. The average Bonchev–Trinajstić information content (AvgIpc) is 2.92. The molecule has 0 saturated carbocycles. The highest BCUT2D eigenvalue weighted by atomic mass is 32.1. The van der Waals surface area contributed by atoms with Crippen LogP contribution >= 0.6 is 11.3 Å². The van der Waals surface area contributed by atoms with Crippen molar-refractivity contribution in [3.63, 3.8) is 0 Å². The number of aliphatic hydroxyl groups is 2. The molecule has 1 fully saturated rings. The van der Waals surface area contributed by atoms with Crippen LogP contribution in [0.25, 0.3) is 0 Å². The molecule has 1 aromatic rings. The molecule has 2 rings (SSSR count). The Labute approximate surface area is 110 Å². The first-order valence-corrected chi connectivity index (χ1v) is 6.55. The highest BCUT2D eigenvalue weighted by Crippen LogP contribution is 2.24. The number of amides is 1. The Morgan fingerprint density at radius 1 is 1.61 bits per heavy atom. The number of hydrogen-bond donors (Lipinski definition) is 2. The summed E-state index contributed by atoms with van der Waals surface area (Å²) in [5, 5.41) is 18.4. The van der Waals surface area contributed by atoms with Crippen LogP contribution < -0.4 is 0 Å². The van der Waals surface area contributed by atoms with Crippen LogP contribution in [0.15, 0.2) is 12.1 Å². The van der Waals surface area contributed by atoms with Gasteiger partial charge in [0.2, 0.25) is 0 Å². The summed E-state index contributed by atoms with van der Waals surface area (Å²) in [5.41, 5.74) is -0.771. The first kappa shape index (κ1) is 13.1. The molecule has 1 atom stereocenters. The van der Waals surface area contributed by atoms with Crippen LogP contribution in [0, 0.1) is 11.8 Å². The lowest BCUT2D eigenvalue weighted by Crippen LogP contribution is -2.33. The highest BCUT2D eigenvalue weighted by Gasteiger charge is 2.34. The van der Waals surface area contributed by atoms with Crippen molar-refractivity contribution in [2.45, 2.75) is 18.9 Å². The highest BCUT2D eigenvalue weighted by molar-refractivity contribution is 7.14. The first-order valence-electron chi connectivity index (χ1n) is 5.73. The minimum atomic E-state index is -0.771. The Morgan fingerprint density at radius 3 is 3.00 bits per heavy atom. The Morgan fingerprint density at radius 2 is 2.39 bits per heavy atom. The number of rotatable bonds is 1.